The molecule has 1 spiro atoms. The number of benzene rings is 1. The number of likely N-dealkylation sites (tertiary alicyclic amines) is 1. The zero-order valence-corrected chi connectivity index (χ0v) is 15.5. The predicted octanol–water partition coefficient (Wildman–Crippen LogP) is 3.18. The van der Waals surface area contributed by atoms with Gasteiger partial charge in [-0.3, -0.25) is 4.79 Å². The molecule has 1 saturated carbocycles. The van der Waals surface area contributed by atoms with Gasteiger partial charge in [-0.15, -0.1) is 0 Å². The van der Waals surface area contributed by atoms with Crippen molar-refractivity contribution in [3.05, 3.63) is 41.0 Å². The maximum Gasteiger partial charge on any atom is 0.249 e. The SMILES string of the molecule is CCOC1CC(O)C12CCN(C(=O)/C(C)=C/c1ccc(C)cc1)CC2. The first-order valence-corrected chi connectivity index (χ1v) is 9.30. The fraction of sp³-hybridized carbons (Fsp3) is 0.571. The van der Waals surface area contributed by atoms with Crippen molar-refractivity contribution < 1.29 is 14.6 Å². The van der Waals surface area contributed by atoms with Crippen molar-refractivity contribution in [1.29, 1.82) is 0 Å². The maximum absolute atomic E-state index is 12.7. The average molecular weight is 343 g/mol. The van der Waals surface area contributed by atoms with Crippen LogP contribution in [0.1, 0.15) is 44.2 Å². The van der Waals surface area contributed by atoms with Gasteiger partial charge in [0.2, 0.25) is 5.91 Å². The van der Waals surface area contributed by atoms with Gasteiger partial charge in [0.05, 0.1) is 12.2 Å². The van der Waals surface area contributed by atoms with Crippen molar-refractivity contribution in [2.75, 3.05) is 19.7 Å². The van der Waals surface area contributed by atoms with E-state index in [4.69, 9.17) is 4.74 Å². The van der Waals surface area contributed by atoms with E-state index in [0.29, 0.717) is 19.7 Å². The molecule has 1 aliphatic heterocycles. The van der Waals surface area contributed by atoms with Crippen LogP contribution in [0.3, 0.4) is 0 Å². The molecule has 2 aliphatic rings. The molecule has 1 aromatic rings. The molecule has 4 heteroatoms. The molecule has 1 aromatic carbocycles. The summed E-state index contributed by atoms with van der Waals surface area (Å²) in [6, 6.07) is 8.18. The van der Waals surface area contributed by atoms with Crippen LogP contribution in [-0.4, -0.2) is 47.8 Å². The summed E-state index contributed by atoms with van der Waals surface area (Å²) >= 11 is 0. The van der Waals surface area contributed by atoms with Crippen molar-refractivity contribution in [1.82, 2.24) is 4.90 Å². The molecule has 1 amide bonds. The van der Waals surface area contributed by atoms with Gasteiger partial charge in [-0.25, -0.2) is 0 Å². The monoisotopic (exact) mass is 343 g/mol. The summed E-state index contributed by atoms with van der Waals surface area (Å²) in [5, 5.41) is 10.3. The number of piperidine rings is 1. The molecule has 0 radical (unpaired) electrons. The van der Waals surface area contributed by atoms with E-state index in [2.05, 4.69) is 19.1 Å². The lowest BCUT2D eigenvalue weighted by Crippen LogP contribution is -2.62. The Morgan fingerprint density at radius 1 is 1.32 bits per heavy atom. The second-order valence-electron chi connectivity index (χ2n) is 7.46. The van der Waals surface area contributed by atoms with Gasteiger partial charge in [-0.2, -0.15) is 0 Å². The lowest BCUT2D eigenvalue weighted by molar-refractivity contribution is -0.209. The summed E-state index contributed by atoms with van der Waals surface area (Å²) in [6.07, 6.45) is 4.19. The predicted molar refractivity (Wildman–Crippen MR) is 99.1 cm³/mol. The molecule has 136 valence electrons. The summed E-state index contributed by atoms with van der Waals surface area (Å²) in [5.74, 6) is 0.0946. The lowest BCUT2D eigenvalue weighted by atomic mass is 9.58. The second kappa shape index (κ2) is 7.30. The molecule has 25 heavy (non-hydrogen) atoms. The van der Waals surface area contributed by atoms with Crippen molar-refractivity contribution in [3.63, 3.8) is 0 Å². The van der Waals surface area contributed by atoms with Crippen LogP contribution in [0, 0.1) is 12.3 Å². The van der Waals surface area contributed by atoms with E-state index in [9.17, 15) is 9.90 Å². The van der Waals surface area contributed by atoms with Crippen molar-refractivity contribution >= 4 is 12.0 Å². The van der Waals surface area contributed by atoms with Gasteiger partial charge in [0.1, 0.15) is 0 Å². The summed E-state index contributed by atoms with van der Waals surface area (Å²) in [4.78, 5) is 14.7. The van der Waals surface area contributed by atoms with Crippen LogP contribution in [-0.2, 0) is 9.53 Å². The zero-order chi connectivity index (χ0) is 18.0. The quantitative estimate of drug-likeness (QED) is 0.854. The number of aryl methyl sites for hydroxylation is 1. The smallest absolute Gasteiger partial charge is 0.249 e. The van der Waals surface area contributed by atoms with Gasteiger partial charge in [-0.1, -0.05) is 29.8 Å². The fourth-order valence-corrected chi connectivity index (χ4v) is 4.17. The Morgan fingerprint density at radius 2 is 1.96 bits per heavy atom. The van der Waals surface area contributed by atoms with Crippen LogP contribution >= 0.6 is 0 Å². The molecule has 0 bridgehead atoms. The van der Waals surface area contributed by atoms with E-state index < -0.39 is 0 Å². The molecule has 1 heterocycles. The maximum atomic E-state index is 12.7. The average Bonchev–Trinajstić information content (AvgIpc) is 2.63. The minimum Gasteiger partial charge on any atom is -0.392 e. The van der Waals surface area contributed by atoms with Crippen LogP contribution in [0.2, 0.25) is 0 Å². The van der Waals surface area contributed by atoms with Gasteiger partial charge in [-0.05, 0) is 45.3 Å². The van der Waals surface area contributed by atoms with Crippen LogP contribution in [0.5, 0.6) is 0 Å². The summed E-state index contributed by atoms with van der Waals surface area (Å²) < 4.78 is 5.80. The van der Waals surface area contributed by atoms with Gasteiger partial charge < -0.3 is 14.7 Å². The minimum absolute atomic E-state index is 0.0946. The standard InChI is InChI=1S/C21H29NO3/c1-4-25-19-14-18(23)21(19)9-11-22(12-10-21)20(24)16(3)13-17-7-5-15(2)6-8-17/h5-8,13,18-19,23H,4,9-12,14H2,1-3H3/b16-13+. The van der Waals surface area contributed by atoms with E-state index in [1.165, 1.54) is 5.56 Å². The third-order valence-electron chi connectivity index (χ3n) is 5.89. The molecule has 3 rings (SSSR count). The van der Waals surface area contributed by atoms with Gasteiger partial charge in [0.25, 0.3) is 0 Å². The summed E-state index contributed by atoms with van der Waals surface area (Å²) in [5.41, 5.74) is 2.89. The van der Waals surface area contributed by atoms with Crippen LogP contribution in [0.4, 0.5) is 0 Å². The fourth-order valence-electron chi connectivity index (χ4n) is 4.17. The van der Waals surface area contributed by atoms with Gasteiger partial charge in [0.15, 0.2) is 0 Å². The largest absolute Gasteiger partial charge is 0.392 e. The summed E-state index contributed by atoms with van der Waals surface area (Å²) in [7, 11) is 0. The topological polar surface area (TPSA) is 49.8 Å². The number of carbonyl (C=O) groups is 1. The first-order valence-electron chi connectivity index (χ1n) is 9.30. The van der Waals surface area contributed by atoms with Crippen LogP contribution in [0.15, 0.2) is 29.8 Å². The first-order chi connectivity index (χ1) is 12.0. The molecule has 2 unspecified atom stereocenters. The third-order valence-corrected chi connectivity index (χ3v) is 5.89. The number of aliphatic hydroxyl groups is 1. The molecule has 0 aromatic heterocycles. The lowest BCUT2D eigenvalue weighted by Gasteiger charge is -2.56. The molecule has 1 N–H and O–H groups in total. The highest BCUT2D eigenvalue weighted by Crippen LogP contribution is 2.51. The number of amides is 1. The number of carbonyl (C=O) groups excluding carboxylic acids is 1. The highest BCUT2D eigenvalue weighted by molar-refractivity contribution is 5.97. The van der Waals surface area contributed by atoms with Crippen molar-refractivity contribution in [2.45, 2.75) is 52.2 Å². The van der Waals surface area contributed by atoms with E-state index in [0.717, 1.165) is 30.4 Å². The van der Waals surface area contributed by atoms with E-state index >= 15 is 0 Å². The van der Waals surface area contributed by atoms with Crippen LogP contribution < -0.4 is 0 Å². The third kappa shape index (κ3) is 3.51. The van der Waals surface area contributed by atoms with E-state index in [1.807, 2.05) is 37.0 Å². The minimum atomic E-state index is -0.287. The highest BCUT2D eigenvalue weighted by atomic mass is 16.5. The Balaban J connectivity index is 1.62. The zero-order valence-electron chi connectivity index (χ0n) is 15.5. The number of aliphatic hydroxyl groups excluding tert-OH is 1. The Bertz CT molecular complexity index is 640. The normalized spacial score (nSPS) is 25.8. The Hall–Kier alpha value is -1.65. The summed E-state index contributed by atoms with van der Waals surface area (Å²) in [6.45, 7) is 8.00. The molecular weight excluding hydrogens is 314 g/mol. The first kappa shape index (κ1) is 18.2. The number of hydrogen-bond acceptors (Lipinski definition) is 3. The Labute approximate surface area is 150 Å². The molecule has 2 atom stereocenters. The van der Waals surface area contributed by atoms with Crippen molar-refractivity contribution in [3.8, 4) is 0 Å². The number of rotatable bonds is 4. The second-order valence-corrected chi connectivity index (χ2v) is 7.46. The van der Waals surface area contributed by atoms with Gasteiger partial charge in [0, 0.05) is 37.1 Å². The van der Waals surface area contributed by atoms with Crippen molar-refractivity contribution in [2.24, 2.45) is 5.41 Å². The van der Waals surface area contributed by atoms with E-state index in [1.54, 1.807) is 0 Å². The van der Waals surface area contributed by atoms with E-state index in [-0.39, 0.29) is 23.5 Å². The Kier molecular flexibility index (Phi) is 5.30. The van der Waals surface area contributed by atoms with Gasteiger partial charge >= 0.3 is 0 Å². The molecular formula is C21H29NO3. The molecule has 1 aliphatic carbocycles. The molecule has 2 fully saturated rings. The molecule has 1 saturated heterocycles. The number of hydrogen-bond donors (Lipinski definition) is 1. The number of ether oxygens (including phenoxy) is 1. The molecule has 4 nitrogen and oxygen atoms in total. The number of nitrogens with zero attached hydrogens (tertiary/aromatic N) is 1. The van der Waals surface area contributed by atoms with Crippen LogP contribution in [0.25, 0.3) is 6.08 Å². The highest BCUT2D eigenvalue weighted by Gasteiger charge is 2.56. The Morgan fingerprint density at radius 3 is 2.52 bits per heavy atom.